The highest BCUT2D eigenvalue weighted by atomic mass is 35.5. The summed E-state index contributed by atoms with van der Waals surface area (Å²) in [6.45, 7) is 0. The summed E-state index contributed by atoms with van der Waals surface area (Å²) in [5.74, 6) is -0.437. The van der Waals surface area contributed by atoms with Gasteiger partial charge in [-0.2, -0.15) is 5.10 Å². The zero-order valence-corrected chi connectivity index (χ0v) is 10.8. The number of halogens is 1. The van der Waals surface area contributed by atoms with Crippen molar-refractivity contribution in [3.63, 3.8) is 0 Å². The van der Waals surface area contributed by atoms with Gasteiger partial charge in [-0.3, -0.25) is 0 Å². The van der Waals surface area contributed by atoms with Gasteiger partial charge in [-0.15, -0.1) is 0 Å². The minimum atomic E-state index is -1.11. The Morgan fingerprint density at radius 2 is 2.15 bits per heavy atom. The zero-order chi connectivity index (χ0) is 14.1. The second-order valence-corrected chi connectivity index (χ2v) is 4.35. The van der Waals surface area contributed by atoms with Gasteiger partial charge in [-0.25, -0.2) is 14.3 Å². The van der Waals surface area contributed by atoms with Crippen LogP contribution in [0, 0.1) is 0 Å². The molecule has 0 aliphatic rings. The number of rotatable bonds is 3. The third-order valence-corrected chi connectivity index (χ3v) is 3.00. The van der Waals surface area contributed by atoms with Crippen LogP contribution < -0.4 is 4.74 Å². The van der Waals surface area contributed by atoms with Gasteiger partial charge in [-0.05, 0) is 24.3 Å². The van der Waals surface area contributed by atoms with E-state index in [0.717, 1.165) is 0 Å². The molecule has 2 heterocycles. The number of aromatic nitrogens is 3. The molecule has 0 amide bonds. The number of carboxylic acids is 1. The molecule has 7 heteroatoms. The number of fused-ring (bicyclic) bond motifs is 1. The van der Waals surface area contributed by atoms with E-state index in [4.69, 9.17) is 21.4 Å². The van der Waals surface area contributed by atoms with Crippen LogP contribution in [0.1, 0.15) is 10.4 Å². The van der Waals surface area contributed by atoms with Crippen molar-refractivity contribution in [2.75, 3.05) is 0 Å². The molecule has 0 unspecified atom stereocenters. The van der Waals surface area contributed by atoms with Crippen molar-refractivity contribution in [2.24, 2.45) is 0 Å². The highest BCUT2D eigenvalue weighted by molar-refractivity contribution is 6.33. The fourth-order valence-corrected chi connectivity index (χ4v) is 1.95. The summed E-state index contributed by atoms with van der Waals surface area (Å²) < 4.78 is 7.21. The minimum absolute atomic E-state index is 0.0235. The van der Waals surface area contributed by atoms with E-state index in [-0.39, 0.29) is 10.6 Å². The maximum atomic E-state index is 11.0. The Morgan fingerprint density at radius 1 is 1.30 bits per heavy atom. The van der Waals surface area contributed by atoms with Crippen molar-refractivity contribution in [1.29, 1.82) is 0 Å². The van der Waals surface area contributed by atoms with Crippen molar-refractivity contribution in [2.45, 2.75) is 0 Å². The predicted molar refractivity (Wildman–Crippen MR) is 71.5 cm³/mol. The zero-order valence-electron chi connectivity index (χ0n) is 10.0. The normalized spacial score (nSPS) is 10.7. The first-order valence-corrected chi connectivity index (χ1v) is 6.02. The van der Waals surface area contributed by atoms with E-state index in [2.05, 4.69) is 10.1 Å². The first-order chi connectivity index (χ1) is 9.65. The lowest BCUT2D eigenvalue weighted by Crippen LogP contribution is -1.99. The molecule has 0 fully saturated rings. The molecule has 20 heavy (non-hydrogen) atoms. The Balaban J connectivity index is 2.01. The first-order valence-electron chi connectivity index (χ1n) is 5.64. The van der Waals surface area contributed by atoms with Gasteiger partial charge in [-0.1, -0.05) is 11.6 Å². The topological polar surface area (TPSA) is 76.7 Å². The van der Waals surface area contributed by atoms with Crippen LogP contribution in [-0.2, 0) is 0 Å². The number of carbonyl (C=O) groups is 1. The molecule has 0 aliphatic heterocycles. The third kappa shape index (κ3) is 2.17. The highest BCUT2D eigenvalue weighted by Gasteiger charge is 2.12. The largest absolute Gasteiger partial charge is 0.478 e. The summed E-state index contributed by atoms with van der Waals surface area (Å²) in [5, 5.41) is 13.2. The number of nitrogens with zero attached hydrogens (tertiary/aromatic N) is 3. The van der Waals surface area contributed by atoms with Gasteiger partial charge in [0.05, 0.1) is 16.8 Å². The fourth-order valence-electron chi connectivity index (χ4n) is 1.75. The standard InChI is InChI=1S/C13H8ClN3O3/c14-10-2-1-8(7-9(10)13(18)19)20-12-11-3-4-16-17(11)6-5-15-12/h1-7H,(H,18,19). The number of aromatic carboxylic acids is 1. The molecule has 0 saturated carbocycles. The van der Waals surface area contributed by atoms with Crippen LogP contribution in [0.4, 0.5) is 0 Å². The van der Waals surface area contributed by atoms with E-state index in [1.54, 1.807) is 35.2 Å². The lowest BCUT2D eigenvalue weighted by atomic mass is 10.2. The molecule has 6 nitrogen and oxygen atoms in total. The summed E-state index contributed by atoms with van der Waals surface area (Å²) in [6, 6.07) is 6.15. The van der Waals surface area contributed by atoms with Gasteiger partial charge in [0, 0.05) is 12.4 Å². The van der Waals surface area contributed by atoms with E-state index in [1.807, 2.05) is 0 Å². The Bertz CT molecular complexity index is 800. The van der Waals surface area contributed by atoms with Crippen LogP contribution in [0.15, 0.2) is 42.9 Å². The summed E-state index contributed by atoms with van der Waals surface area (Å²) in [7, 11) is 0. The second-order valence-electron chi connectivity index (χ2n) is 3.94. The summed E-state index contributed by atoms with van der Waals surface area (Å²) in [5.41, 5.74) is 0.656. The molecule has 3 rings (SSSR count). The van der Waals surface area contributed by atoms with Gasteiger partial charge in [0.25, 0.3) is 0 Å². The molecule has 1 aromatic carbocycles. The molecular formula is C13H8ClN3O3. The average Bonchev–Trinajstić information content (AvgIpc) is 2.90. The average molecular weight is 290 g/mol. The molecule has 0 radical (unpaired) electrons. The van der Waals surface area contributed by atoms with E-state index in [0.29, 0.717) is 17.1 Å². The van der Waals surface area contributed by atoms with Crippen molar-refractivity contribution >= 4 is 23.1 Å². The van der Waals surface area contributed by atoms with Gasteiger partial charge in [0.2, 0.25) is 5.88 Å². The Kier molecular flexibility index (Phi) is 3.00. The smallest absolute Gasteiger partial charge is 0.337 e. The molecule has 100 valence electrons. The van der Waals surface area contributed by atoms with Crippen molar-refractivity contribution < 1.29 is 14.6 Å². The first kappa shape index (κ1) is 12.4. The van der Waals surface area contributed by atoms with E-state index >= 15 is 0 Å². The maximum Gasteiger partial charge on any atom is 0.337 e. The Hall–Kier alpha value is -2.60. The molecular weight excluding hydrogens is 282 g/mol. The lowest BCUT2D eigenvalue weighted by molar-refractivity contribution is 0.0696. The van der Waals surface area contributed by atoms with Gasteiger partial charge in [0.15, 0.2) is 0 Å². The molecule has 1 N–H and O–H groups in total. The van der Waals surface area contributed by atoms with Crippen LogP contribution in [0.3, 0.4) is 0 Å². The number of benzene rings is 1. The monoisotopic (exact) mass is 289 g/mol. The molecule has 0 aliphatic carbocycles. The summed E-state index contributed by atoms with van der Waals surface area (Å²) in [4.78, 5) is 15.1. The van der Waals surface area contributed by atoms with Crippen LogP contribution in [0.2, 0.25) is 5.02 Å². The predicted octanol–water partition coefficient (Wildman–Crippen LogP) is 2.87. The molecule has 3 aromatic rings. The molecule has 0 spiro atoms. The van der Waals surface area contributed by atoms with Crippen molar-refractivity contribution in [3.8, 4) is 11.6 Å². The van der Waals surface area contributed by atoms with E-state index in [9.17, 15) is 4.79 Å². The summed E-state index contributed by atoms with van der Waals surface area (Å²) >= 11 is 5.81. The molecule has 0 atom stereocenters. The van der Waals surface area contributed by atoms with Crippen molar-refractivity contribution in [1.82, 2.24) is 14.6 Å². The lowest BCUT2D eigenvalue weighted by Gasteiger charge is -2.07. The Morgan fingerprint density at radius 3 is 2.95 bits per heavy atom. The van der Waals surface area contributed by atoms with Gasteiger partial charge in [0.1, 0.15) is 11.3 Å². The SMILES string of the molecule is O=C(O)c1cc(Oc2nccn3nccc23)ccc1Cl. The maximum absolute atomic E-state index is 11.0. The van der Waals surface area contributed by atoms with Crippen LogP contribution in [0.5, 0.6) is 11.6 Å². The quantitative estimate of drug-likeness (QED) is 0.802. The number of hydrogen-bond donors (Lipinski definition) is 1. The van der Waals surface area contributed by atoms with E-state index < -0.39 is 5.97 Å². The van der Waals surface area contributed by atoms with Gasteiger partial charge < -0.3 is 9.84 Å². The number of ether oxygens (including phenoxy) is 1. The minimum Gasteiger partial charge on any atom is -0.478 e. The molecule has 0 bridgehead atoms. The van der Waals surface area contributed by atoms with Crippen LogP contribution in [-0.4, -0.2) is 25.7 Å². The van der Waals surface area contributed by atoms with E-state index in [1.165, 1.54) is 12.1 Å². The highest BCUT2D eigenvalue weighted by Crippen LogP contribution is 2.27. The Labute approximate surface area is 118 Å². The molecule has 0 saturated heterocycles. The molecule has 2 aromatic heterocycles. The third-order valence-electron chi connectivity index (χ3n) is 2.67. The number of carboxylic acid groups (broad SMARTS) is 1. The fraction of sp³-hybridized carbons (Fsp3) is 0. The van der Waals surface area contributed by atoms with Gasteiger partial charge >= 0.3 is 5.97 Å². The van der Waals surface area contributed by atoms with Crippen molar-refractivity contribution in [3.05, 3.63) is 53.4 Å². The number of hydrogen-bond acceptors (Lipinski definition) is 4. The second kappa shape index (κ2) is 4.82. The van der Waals surface area contributed by atoms with Crippen LogP contribution >= 0.6 is 11.6 Å². The summed E-state index contributed by atoms with van der Waals surface area (Å²) in [6.07, 6.45) is 4.85. The van der Waals surface area contributed by atoms with Crippen LogP contribution in [0.25, 0.3) is 5.52 Å².